The Balaban J connectivity index is 2.91. The van der Waals surface area contributed by atoms with Crippen molar-refractivity contribution in [1.29, 1.82) is 0 Å². The molecule has 0 heterocycles. The second-order valence-electron chi connectivity index (χ2n) is 9.90. The first-order chi connectivity index (χ1) is 17.0. The fraction of sp³-hybridized carbons (Fsp3) is 0.615. The van der Waals surface area contributed by atoms with E-state index in [-0.39, 0.29) is 18.3 Å². The molecule has 202 valence electrons. The molecule has 4 atom stereocenters. The molecule has 8 N–H and O–H groups in total. The largest absolute Gasteiger partial charge is 0.480 e. The number of rotatable bonds is 16. The lowest BCUT2D eigenvalue weighted by atomic mass is 9.98. The highest BCUT2D eigenvalue weighted by atomic mass is 16.4. The first-order valence-electron chi connectivity index (χ1n) is 12.6. The summed E-state index contributed by atoms with van der Waals surface area (Å²) in [6.07, 6.45) is 2.37. The number of aliphatic carboxylic acids is 1. The van der Waals surface area contributed by atoms with Gasteiger partial charge in [-0.2, -0.15) is 0 Å². The van der Waals surface area contributed by atoms with Crippen molar-refractivity contribution in [1.82, 2.24) is 16.0 Å². The maximum absolute atomic E-state index is 13.1. The Hall–Kier alpha value is -2.98. The van der Waals surface area contributed by atoms with Crippen molar-refractivity contribution < 1.29 is 24.3 Å². The fourth-order valence-corrected chi connectivity index (χ4v) is 3.72. The zero-order chi connectivity index (χ0) is 27.3. The van der Waals surface area contributed by atoms with Crippen molar-refractivity contribution in [3.63, 3.8) is 0 Å². The molecule has 0 saturated carbocycles. The van der Waals surface area contributed by atoms with E-state index in [4.69, 9.17) is 11.5 Å². The summed E-state index contributed by atoms with van der Waals surface area (Å²) < 4.78 is 0. The van der Waals surface area contributed by atoms with Crippen LogP contribution in [0.4, 0.5) is 0 Å². The number of unbranched alkanes of at least 4 members (excludes halogenated alkanes) is 1. The maximum Gasteiger partial charge on any atom is 0.326 e. The van der Waals surface area contributed by atoms with E-state index in [1.165, 1.54) is 0 Å². The van der Waals surface area contributed by atoms with Gasteiger partial charge in [-0.05, 0) is 43.2 Å². The maximum atomic E-state index is 13.1. The van der Waals surface area contributed by atoms with Crippen molar-refractivity contribution >= 4 is 23.7 Å². The van der Waals surface area contributed by atoms with Crippen molar-refractivity contribution in [3.05, 3.63) is 35.9 Å². The third kappa shape index (κ3) is 11.2. The molecule has 1 aromatic rings. The number of carboxylic acids is 1. The minimum atomic E-state index is -1.17. The summed E-state index contributed by atoms with van der Waals surface area (Å²) in [5, 5.41) is 17.6. The summed E-state index contributed by atoms with van der Waals surface area (Å²) in [5.41, 5.74) is 12.2. The van der Waals surface area contributed by atoms with Gasteiger partial charge in [0, 0.05) is 6.42 Å². The Labute approximate surface area is 213 Å². The van der Waals surface area contributed by atoms with E-state index in [0.717, 1.165) is 12.0 Å². The fourth-order valence-electron chi connectivity index (χ4n) is 3.72. The van der Waals surface area contributed by atoms with E-state index in [2.05, 4.69) is 16.0 Å². The van der Waals surface area contributed by atoms with Crippen LogP contribution in [0.3, 0.4) is 0 Å². The van der Waals surface area contributed by atoms with Crippen LogP contribution in [-0.2, 0) is 25.6 Å². The Morgan fingerprint density at radius 3 is 2.00 bits per heavy atom. The van der Waals surface area contributed by atoms with Crippen molar-refractivity contribution in [2.45, 2.75) is 84.0 Å². The molecule has 3 amide bonds. The summed E-state index contributed by atoms with van der Waals surface area (Å²) in [7, 11) is 0. The lowest BCUT2D eigenvalue weighted by Gasteiger charge is -2.27. The number of amides is 3. The average molecular weight is 506 g/mol. The predicted octanol–water partition coefficient (Wildman–Crippen LogP) is 0.927. The average Bonchev–Trinajstić information content (AvgIpc) is 2.81. The van der Waals surface area contributed by atoms with Crippen LogP contribution >= 0.6 is 0 Å². The van der Waals surface area contributed by atoms with Gasteiger partial charge in [-0.25, -0.2) is 4.79 Å². The molecular formula is C26H43N5O5. The number of carbonyl (C=O) groups excluding carboxylic acids is 3. The van der Waals surface area contributed by atoms with Crippen molar-refractivity contribution in [3.8, 4) is 0 Å². The third-order valence-corrected chi connectivity index (χ3v) is 5.79. The first-order valence-corrected chi connectivity index (χ1v) is 12.6. The molecule has 0 aliphatic carbocycles. The SMILES string of the molecule is CC(C)C[C@@H](NC(=O)[C@H](N)CCCCN)C(=O)N[C@@H](C(=O)N[C@H](Cc1ccccc1)C(=O)O)C(C)C. The number of nitrogens with two attached hydrogens (primary N) is 2. The van der Waals surface area contributed by atoms with E-state index in [9.17, 15) is 24.3 Å². The summed E-state index contributed by atoms with van der Waals surface area (Å²) >= 11 is 0. The monoisotopic (exact) mass is 505 g/mol. The van der Waals surface area contributed by atoms with Gasteiger partial charge in [0.2, 0.25) is 17.7 Å². The van der Waals surface area contributed by atoms with Crippen LogP contribution < -0.4 is 27.4 Å². The van der Waals surface area contributed by atoms with Gasteiger partial charge < -0.3 is 32.5 Å². The highest BCUT2D eigenvalue weighted by molar-refractivity contribution is 5.94. The predicted molar refractivity (Wildman–Crippen MR) is 139 cm³/mol. The van der Waals surface area contributed by atoms with Crippen molar-refractivity contribution in [2.75, 3.05) is 6.54 Å². The number of carbonyl (C=O) groups is 4. The minimum Gasteiger partial charge on any atom is -0.480 e. The second-order valence-corrected chi connectivity index (χ2v) is 9.90. The van der Waals surface area contributed by atoms with Crippen molar-refractivity contribution in [2.24, 2.45) is 23.3 Å². The lowest BCUT2D eigenvalue weighted by Crippen LogP contribution is -2.58. The normalized spacial score (nSPS) is 14.6. The smallest absolute Gasteiger partial charge is 0.326 e. The highest BCUT2D eigenvalue weighted by Gasteiger charge is 2.32. The Kier molecular flexibility index (Phi) is 13.7. The van der Waals surface area contributed by atoms with Gasteiger partial charge in [0.25, 0.3) is 0 Å². The third-order valence-electron chi connectivity index (χ3n) is 5.79. The van der Waals surface area contributed by atoms with E-state index in [0.29, 0.717) is 25.8 Å². The molecule has 0 unspecified atom stereocenters. The van der Waals surface area contributed by atoms with E-state index < -0.39 is 47.9 Å². The molecule has 0 spiro atoms. The van der Waals surface area contributed by atoms with Gasteiger partial charge in [0.15, 0.2) is 0 Å². The molecule has 0 aliphatic heterocycles. The summed E-state index contributed by atoms with van der Waals surface area (Å²) in [5.74, 6) is -2.97. The van der Waals surface area contributed by atoms with Gasteiger partial charge in [-0.1, -0.05) is 64.4 Å². The van der Waals surface area contributed by atoms with Crippen LogP contribution in [-0.4, -0.2) is 59.5 Å². The molecule has 0 radical (unpaired) electrons. The molecule has 0 bridgehead atoms. The zero-order valence-electron chi connectivity index (χ0n) is 21.8. The van der Waals surface area contributed by atoms with Crippen LogP contribution in [0.25, 0.3) is 0 Å². The highest BCUT2D eigenvalue weighted by Crippen LogP contribution is 2.10. The number of nitrogens with one attached hydrogen (secondary N) is 3. The number of hydrogen-bond acceptors (Lipinski definition) is 6. The van der Waals surface area contributed by atoms with Gasteiger partial charge in [0.1, 0.15) is 18.1 Å². The molecule has 1 rings (SSSR count). The standard InChI is InChI=1S/C26H43N5O5/c1-16(2)14-20(29-23(32)19(28)12-8-9-13-27)24(33)31-22(17(3)4)25(34)30-21(26(35)36)15-18-10-6-5-7-11-18/h5-7,10-11,16-17,19-22H,8-9,12-15,27-28H2,1-4H3,(H,29,32)(H,30,34)(H,31,33)(H,35,36)/t19-,20-,21-,22-/m1/s1. The molecule has 0 aliphatic rings. The number of benzene rings is 1. The Morgan fingerprint density at radius 2 is 1.47 bits per heavy atom. The topological polar surface area (TPSA) is 177 Å². The second kappa shape index (κ2) is 15.9. The van der Waals surface area contributed by atoms with Crippen LogP contribution in [0.2, 0.25) is 0 Å². The van der Waals surface area contributed by atoms with E-state index in [1.54, 1.807) is 38.1 Å². The molecule has 10 nitrogen and oxygen atoms in total. The molecule has 0 fully saturated rings. The lowest BCUT2D eigenvalue weighted by molar-refractivity contribution is -0.142. The number of carboxylic acid groups (broad SMARTS) is 1. The molecule has 10 heteroatoms. The van der Waals surface area contributed by atoms with Gasteiger partial charge in [-0.15, -0.1) is 0 Å². The summed E-state index contributed by atoms with van der Waals surface area (Å²) in [6, 6.07) is 5.18. The first kappa shape index (κ1) is 31.1. The molecule has 0 saturated heterocycles. The summed E-state index contributed by atoms with van der Waals surface area (Å²) in [6.45, 7) is 7.85. The van der Waals surface area contributed by atoms with Crippen LogP contribution in [0.1, 0.15) is 58.9 Å². The van der Waals surface area contributed by atoms with Gasteiger partial charge in [-0.3, -0.25) is 14.4 Å². The number of hydrogen-bond donors (Lipinski definition) is 6. The van der Waals surface area contributed by atoms with Crippen LogP contribution in [0.15, 0.2) is 30.3 Å². The Bertz CT molecular complexity index is 846. The van der Waals surface area contributed by atoms with E-state index in [1.807, 2.05) is 19.9 Å². The quantitative estimate of drug-likeness (QED) is 0.181. The van der Waals surface area contributed by atoms with Crippen LogP contribution in [0.5, 0.6) is 0 Å². The Morgan fingerprint density at radius 1 is 0.861 bits per heavy atom. The van der Waals surface area contributed by atoms with Gasteiger partial charge in [0.05, 0.1) is 6.04 Å². The molecule has 36 heavy (non-hydrogen) atoms. The molecular weight excluding hydrogens is 462 g/mol. The molecule has 0 aromatic heterocycles. The van der Waals surface area contributed by atoms with Crippen LogP contribution in [0, 0.1) is 11.8 Å². The molecule has 1 aromatic carbocycles. The summed E-state index contributed by atoms with van der Waals surface area (Å²) in [4.78, 5) is 50.6. The zero-order valence-corrected chi connectivity index (χ0v) is 21.8. The van der Waals surface area contributed by atoms with Gasteiger partial charge >= 0.3 is 5.97 Å². The minimum absolute atomic E-state index is 0.0862. The van der Waals surface area contributed by atoms with E-state index >= 15 is 0 Å².